The van der Waals surface area contributed by atoms with Crippen LogP contribution in [0.25, 0.3) is 0 Å². The van der Waals surface area contributed by atoms with E-state index in [2.05, 4.69) is 31.7 Å². The van der Waals surface area contributed by atoms with Crippen LogP contribution in [0.4, 0.5) is 0 Å². The normalized spacial score (nSPS) is 25.1. The van der Waals surface area contributed by atoms with Crippen LogP contribution in [0.5, 0.6) is 0 Å². The van der Waals surface area contributed by atoms with Crippen molar-refractivity contribution in [2.45, 2.75) is 50.6 Å². The Bertz CT molecular complexity index is 616. The summed E-state index contributed by atoms with van der Waals surface area (Å²) in [5.41, 5.74) is 0.205. The maximum absolute atomic E-state index is 9.50. The quantitative estimate of drug-likeness (QED) is 0.498. The second-order valence-corrected chi connectivity index (χ2v) is 8.63. The molecule has 0 radical (unpaired) electrons. The van der Waals surface area contributed by atoms with Crippen molar-refractivity contribution >= 4 is 0 Å². The van der Waals surface area contributed by atoms with Gasteiger partial charge >= 0.3 is 0 Å². The Morgan fingerprint density at radius 1 is 0.767 bits per heavy atom. The van der Waals surface area contributed by atoms with Crippen LogP contribution in [0.2, 0.25) is 0 Å². The van der Waals surface area contributed by atoms with Crippen LogP contribution in [0.3, 0.4) is 0 Å². The van der Waals surface area contributed by atoms with Crippen molar-refractivity contribution in [2.24, 2.45) is 0 Å². The second-order valence-electron chi connectivity index (χ2n) is 8.63. The molecule has 3 aliphatic rings. The molecule has 0 bridgehead atoms. The van der Waals surface area contributed by atoms with Crippen molar-refractivity contribution < 1.29 is 10.2 Å². The monoisotopic (exact) mass is 416 g/mol. The standard InChI is InChI=1S/C22H36N6O2/c23-15-19(16-24)22-27(11-3-9-25-7-1-5-20(25)17-29)13-14-28(22)12-4-10-26-8-2-6-21(26)18-30/h20-21,29-30H,1-14,17-18H2/t20-,21-/m1/s1. The summed E-state index contributed by atoms with van der Waals surface area (Å²) in [6, 6.07) is 4.77. The average Bonchev–Trinajstić information content (AvgIpc) is 3.50. The van der Waals surface area contributed by atoms with Gasteiger partial charge in [-0.25, -0.2) is 0 Å². The maximum atomic E-state index is 9.50. The molecule has 3 fully saturated rings. The Morgan fingerprint density at radius 3 is 1.63 bits per heavy atom. The number of hydrogen-bond donors (Lipinski definition) is 2. The summed E-state index contributed by atoms with van der Waals surface area (Å²) in [6.45, 7) is 7.77. The maximum Gasteiger partial charge on any atom is 0.169 e. The predicted molar refractivity (Wildman–Crippen MR) is 114 cm³/mol. The smallest absolute Gasteiger partial charge is 0.169 e. The molecule has 0 aromatic carbocycles. The first-order valence-electron chi connectivity index (χ1n) is 11.5. The zero-order valence-electron chi connectivity index (χ0n) is 18.0. The zero-order chi connectivity index (χ0) is 21.3. The lowest BCUT2D eigenvalue weighted by Gasteiger charge is -2.28. The highest BCUT2D eigenvalue weighted by atomic mass is 16.3. The summed E-state index contributed by atoms with van der Waals surface area (Å²) in [5.74, 6) is 0.792. The number of likely N-dealkylation sites (tertiary alicyclic amines) is 2. The van der Waals surface area contributed by atoms with E-state index in [1.807, 2.05) is 0 Å². The molecule has 0 saturated carbocycles. The Balaban J connectivity index is 1.53. The van der Waals surface area contributed by atoms with E-state index in [0.717, 1.165) is 96.7 Å². The van der Waals surface area contributed by atoms with E-state index in [-0.39, 0.29) is 30.9 Å². The molecule has 2 atom stereocenters. The number of rotatable bonds is 10. The summed E-state index contributed by atoms with van der Waals surface area (Å²) < 4.78 is 0. The number of hydrogen-bond acceptors (Lipinski definition) is 8. The minimum Gasteiger partial charge on any atom is -0.395 e. The number of nitrogens with zero attached hydrogens (tertiary/aromatic N) is 6. The molecular formula is C22H36N6O2. The molecule has 0 unspecified atom stereocenters. The largest absolute Gasteiger partial charge is 0.395 e. The lowest BCUT2D eigenvalue weighted by Crippen LogP contribution is -2.35. The van der Waals surface area contributed by atoms with Gasteiger partial charge in [-0.15, -0.1) is 0 Å². The van der Waals surface area contributed by atoms with Crippen molar-refractivity contribution in [1.29, 1.82) is 10.5 Å². The molecule has 0 aromatic rings. The molecule has 0 aromatic heterocycles. The number of aliphatic hydroxyl groups is 2. The van der Waals surface area contributed by atoms with Gasteiger partial charge < -0.3 is 20.0 Å². The van der Waals surface area contributed by atoms with Crippen LogP contribution in [0, 0.1) is 22.7 Å². The van der Waals surface area contributed by atoms with Gasteiger partial charge in [0, 0.05) is 51.4 Å². The summed E-state index contributed by atoms with van der Waals surface area (Å²) in [4.78, 5) is 9.11. The van der Waals surface area contributed by atoms with E-state index < -0.39 is 0 Å². The average molecular weight is 417 g/mol. The molecule has 3 rings (SSSR count). The van der Waals surface area contributed by atoms with E-state index in [4.69, 9.17) is 0 Å². The van der Waals surface area contributed by atoms with Gasteiger partial charge in [-0.2, -0.15) is 10.5 Å². The van der Waals surface area contributed by atoms with E-state index >= 15 is 0 Å². The van der Waals surface area contributed by atoms with E-state index in [1.165, 1.54) is 0 Å². The first kappa shape index (κ1) is 22.8. The van der Waals surface area contributed by atoms with Crippen LogP contribution >= 0.6 is 0 Å². The fraction of sp³-hybridized carbons (Fsp3) is 0.818. The van der Waals surface area contributed by atoms with Crippen molar-refractivity contribution in [3.8, 4) is 12.1 Å². The minimum absolute atomic E-state index is 0.205. The highest BCUT2D eigenvalue weighted by molar-refractivity contribution is 5.40. The van der Waals surface area contributed by atoms with E-state index in [0.29, 0.717) is 0 Å². The van der Waals surface area contributed by atoms with Gasteiger partial charge in [0.15, 0.2) is 5.57 Å². The zero-order valence-corrected chi connectivity index (χ0v) is 18.0. The Labute approximate surface area is 180 Å². The summed E-state index contributed by atoms with van der Waals surface area (Å²) in [6.07, 6.45) is 6.36. The van der Waals surface area contributed by atoms with Crippen LogP contribution < -0.4 is 0 Å². The lowest BCUT2D eigenvalue weighted by molar-refractivity contribution is 0.152. The minimum atomic E-state index is 0.205. The molecule has 3 saturated heterocycles. The lowest BCUT2D eigenvalue weighted by atomic mass is 10.2. The van der Waals surface area contributed by atoms with Gasteiger partial charge in [0.1, 0.15) is 18.0 Å². The van der Waals surface area contributed by atoms with Gasteiger partial charge in [0.25, 0.3) is 0 Å². The SMILES string of the molecule is N#CC(C#N)=C1N(CCCN2CCC[C@@H]2CO)CCN1CCCN1CCC[C@@H]1CO. The highest BCUT2D eigenvalue weighted by Gasteiger charge is 2.30. The van der Waals surface area contributed by atoms with Gasteiger partial charge in [-0.3, -0.25) is 9.80 Å². The molecule has 8 nitrogen and oxygen atoms in total. The topological polar surface area (TPSA) is 101 Å². The first-order valence-corrected chi connectivity index (χ1v) is 11.5. The van der Waals surface area contributed by atoms with E-state index in [1.54, 1.807) is 0 Å². The second kappa shape index (κ2) is 11.5. The molecule has 8 heteroatoms. The third-order valence-corrected chi connectivity index (χ3v) is 6.85. The van der Waals surface area contributed by atoms with Gasteiger partial charge in [0.2, 0.25) is 0 Å². The number of allylic oxidation sites excluding steroid dienone is 1. The van der Waals surface area contributed by atoms with Crippen LogP contribution in [-0.2, 0) is 0 Å². The predicted octanol–water partition coefficient (Wildman–Crippen LogP) is 0.556. The van der Waals surface area contributed by atoms with Gasteiger partial charge in [-0.1, -0.05) is 0 Å². The van der Waals surface area contributed by atoms with Crippen molar-refractivity contribution in [3.63, 3.8) is 0 Å². The molecule has 3 heterocycles. The van der Waals surface area contributed by atoms with Crippen molar-refractivity contribution in [3.05, 3.63) is 11.4 Å². The van der Waals surface area contributed by atoms with E-state index in [9.17, 15) is 20.7 Å². The third-order valence-electron chi connectivity index (χ3n) is 6.85. The van der Waals surface area contributed by atoms with Gasteiger partial charge in [-0.05, 0) is 51.6 Å². The summed E-state index contributed by atoms with van der Waals surface area (Å²) in [5, 5.41) is 38.0. The van der Waals surface area contributed by atoms with Gasteiger partial charge in [0.05, 0.1) is 13.2 Å². The number of nitriles is 2. The Kier molecular flexibility index (Phi) is 8.77. The molecule has 0 aliphatic carbocycles. The molecule has 2 N–H and O–H groups in total. The van der Waals surface area contributed by atoms with Crippen molar-refractivity contribution in [1.82, 2.24) is 19.6 Å². The third kappa shape index (κ3) is 5.44. The summed E-state index contributed by atoms with van der Waals surface area (Å²) >= 11 is 0. The number of aliphatic hydroxyl groups excluding tert-OH is 2. The van der Waals surface area contributed by atoms with Crippen molar-refractivity contribution in [2.75, 3.05) is 65.6 Å². The summed E-state index contributed by atoms with van der Waals surface area (Å²) in [7, 11) is 0. The Morgan fingerprint density at radius 2 is 1.23 bits per heavy atom. The van der Waals surface area contributed by atoms with Crippen LogP contribution in [-0.4, -0.2) is 107 Å². The van der Waals surface area contributed by atoms with Crippen LogP contribution in [0.15, 0.2) is 11.4 Å². The first-order chi connectivity index (χ1) is 14.7. The molecule has 3 aliphatic heterocycles. The fourth-order valence-corrected chi connectivity index (χ4v) is 5.25. The molecule has 30 heavy (non-hydrogen) atoms. The molecule has 0 amide bonds. The fourth-order valence-electron chi connectivity index (χ4n) is 5.25. The highest BCUT2D eigenvalue weighted by Crippen LogP contribution is 2.24. The Hall–Kier alpha value is -1.84. The van der Waals surface area contributed by atoms with Crippen LogP contribution in [0.1, 0.15) is 38.5 Å². The molecular weight excluding hydrogens is 380 g/mol. The molecule has 166 valence electrons. The molecule has 0 spiro atoms.